The van der Waals surface area contributed by atoms with Crippen LogP contribution >= 0.6 is 0 Å². The van der Waals surface area contributed by atoms with E-state index in [0.29, 0.717) is 29.5 Å². The fraction of sp³-hybridized carbons (Fsp3) is 0.125. The van der Waals surface area contributed by atoms with E-state index in [1.807, 2.05) is 24.3 Å². The van der Waals surface area contributed by atoms with Crippen molar-refractivity contribution in [2.24, 2.45) is 0 Å². The van der Waals surface area contributed by atoms with Gasteiger partial charge >= 0.3 is 12.4 Å². The predicted octanol–water partition coefficient (Wildman–Crippen LogP) is 5.16. The summed E-state index contributed by atoms with van der Waals surface area (Å²) in [6.45, 7) is 0.310. The SMILES string of the molecule is COc1cccc(NC(=O)NCc2ccc(-c3ncn(-c4ccc(OC(F)(F)F)cc4)n3)cc2)c1. The molecule has 2 N–H and O–H groups in total. The number of nitrogens with one attached hydrogen (secondary N) is 2. The van der Waals surface area contributed by atoms with Crippen LogP contribution in [0.1, 0.15) is 5.56 Å². The van der Waals surface area contributed by atoms with Gasteiger partial charge in [-0.05, 0) is 42.0 Å². The third-order valence-corrected chi connectivity index (χ3v) is 4.82. The number of amides is 2. The highest BCUT2D eigenvalue weighted by molar-refractivity contribution is 5.89. The zero-order valence-corrected chi connectivity index (χ0v) is 18.4. The van der Waals surface area contributed by atoms with Crippen molar-refractivity contribution in [3.05, 3.63) is 84.7 Å². The number of ether oxygens (including phenoxy) is 2. The van der Waals surface area contributed by atoms with Gasteiger partial charge in [-0.25, -0.2) is 14.5 Å². The first-order chi connectivity index (χ1) is 16.8. The molecule has 0 saturated carbocycles. The smallest absolute Gasteiger partial charge is 0.497 e. The number of benzene rings is 3. The lowest BCUT2D eigenvalue weighted by molar-refractivity contribution is -0.274. The molecule has 1 heterocycles. The van der Waals surface area contributed by atoms with Crippen LogP contribution in [0.4, 0.5) is 23.7 Å². The Balaban J connectivity index is 1.34. The number of alkyl halides is 3. The van der Waals surface area contributed by atoms with Gasteiger partial charge < -0.3 is 20.1 Å². The number of anilines is 1. The first-order valence-corrected chi connectivity index (χ1v) is 10.4. The summed E-state index contributed by atoms with van der Waals surface area (Å²) in [6.07, 6.45) is -3.28. The van der Waals surface area contributed by atoms with Crippen LogP contribution in [-0.4, -0.2) is 34.3 Å². The summed E-state index contributed by atoms with van der Waals surface area (Å²) in [5.41, 5.74) is 2.75. The van der Waals surface area contributed by atoms with Crippen molar-refractivity contribution in [3.63, 3.8) is 0 Å². The molecule has 4 aromatic rings. The highest BCUT2D eigenvalue weighted by Gasteiger charge is 2.31. The molecule has 180 valence electrons. The molecule has 0 fully saturated rings. The third-order valence-electron chi connectivity index (χ3n) is 4.82. The molecule has 0 radical (unpaired) electrons. The highest BCUT2D eigenvalue weighted by atomic mass is 19.4. The molecule has 0 unspecified atom stereocenters. The number of rotatable bonds is 7. The first kappa shape index (κ1) is 23.6. The maximum absolute atomic E-state index is 12.3. The second-order valence-corrected chi connectivity index (χ2v) is 7.29. The molecule has 3 aromatic carbocycles. The largest absolute Gasteiger partial charge is 0.573 e. The van der Waals surface area contributed by atoms with E-state index >= 15 is 0 Å². The topological polar surface area (TPSA) is 90.3 Å². The zero-order valence-electron chi connectivity index (χ0n) is 18.4. The average Bonchev–Trinajstić information content (AvgIpc) is 3.33. The Hall–Kier alpha value is -4.54. The Morgan fingerprint density at radius 1 is 1.00 bits per heavy atom. The van der Waals surface area contributed by atoms with E-state index in [0.717, 1.165) is 11.1 Å². The summed E-state index contributed by atoms with van der Waals surface area (Å²) >= 11 is 0. The second kappa shape index (κ2) is 10.2. The summed E-state index contributed by atoms with van der Waals surface area (Å²) in [5, 5.41) is 9.89. The molecule has 0 aliphatic heterocycles. The van der Waals surface area contributed by atoms with Crippen molar-refractivity contribution in [1.82, 2.24) is 20.1 Å². The van der Waals surface area contributed by atoms with Gasteiger partial charge in [-0.2, -0.15) is 0 Å². The summed E-state index contributed by atoms with van der Waals surface area (Å²) in [4.78, 5) is 16.4. The van der Waals surface area contributed by atoms with Crippen LogP contribution in [0.25, 0.3) is 17.1 Å². The molecule has 2 amide bonds. The summed E-state index contributed by atoms with van der Waals surface area (Å²) in [5.74, 6) is 0.765. The van der Waals surface area contributed by atoms with E-state index in [-0.39, 0.29) is 11.8 Å². The number of urea groups is 1. The minimum atomic E-state index is -4.75. The van der Waals surface area contributed by atoms with Crippen LogP contribution in [0, 0.1) is 0 Å². The molecule has 11 heteroatoms. The minimum Gasteiger partial charge on any atom is -0.497 e. The Morgan fingerprint density at radius 2 is 1.74 bits per heavy atom. The molecule has 4 rings (SSSR count). The third kappa shape index (κ3) is 6.50. The lowest BCUT2D eigenvalue weighted by Gasteiger charge is -2.09. The highest BCUT2D eigenvalue weighted by Crippen LogP contribution is 2.24. The Morgan fingerprint density at radius 3 is 2.43 bits per heavy atom. The molecular weight excluding hydrogens is 463 g/mol. The van der Waals surface area contributed by atoms with Crippen molar-refractivity contribution in [2.45, 2.75) is 12.9 Å². The van der Waals surface area contributed by atoms with Gasteiger partial charge in [0.15, 0.2) is 5.82 Å². The van der Waals surface area contributed by atoms with E-state index in [9.17, 15) is 18.0 Å². The van der Waals surface area contributed by atoms with Crippen molar-refractivity contribution < 1.29 is 27.4 Å². The number of carbonyl (C=O) groups excluding carboxylic acids is 1. The zero-order chi connectivity index (χ0) is 24.8. The second-order valence-electron chi connectivity index (χ2n) is 7.29. The van der Waals surface area contributed by atoms with Crippen LogP contribution < -0.4 is 20.1 Å². The molecular formula is C24H20F3N5O3. The van der Waals surface area contributed by atoms with Gasteiger partial charge in [-0.3, -0.25) is 0 Å². The van der Waals surface area contributed by atoms with Gasteiger partial charge in [0.25, 0.3) is 0 Å². The van der Waals surface area contributed by atoms with Crippen molar-refractivity contribution >= 4 is 11.7 Å². The Labute approximate surface area is 198 Å². The van der Waals surface area contributed by atoms with E-state index in [1.165, 1.54) is 35.3 Å². The standard InChI is InChI=1S/C24H20F3N5O3/c1-34-21-4-2-3-18(13-21)30-23(33)28-14-16-5-7-17(8-6-16)22-29-15-32(31-22)19-9-11-20(12-10-19)35-24(25,26)27/h2-13,15H,14H2,1H3,(H2,28,30,33). The van der Waals surface area contributed by atoms with Gasteiger partial charge in [0, 0.05) is 23.9 Å². The Kier molecular flexibility index (Phi) is 6.86. The fourth-order valence-electron chi connectivity index (χ4n) is 3.15. The quantitative estimate of drug-likeness (QED) is 0.379. The van der Waals surface area contributed by atoms with Crippen LogP contribution in [0.5, 0.6) is 11.5 Å². The Bertz CT molecular complexity index is 1290. The van der Waals surface area contributed by atoms with Crippen molar-refractivity contribution in [3.8, 4) is 28.6 Å². The number of aromatic nitrogens is 3. The molecule has 0 aliphatic carbocycles. The van der Waals surface area contributed by atoms with Gasteiger partial charge in [0.1, 0.15) is 17.8 Å². The van der Waals surface area contributed by atoms with E-state index in [1.54, 1.807) is 31.4 Å². The van der Waals surface area contributed by atoms with Gasteiger partial charge in [-0.15, -0.1) is 18.3 Å². The molecule has 1 aromatic heterocycles. The summed E-state index contributed by atoms with van der Waals surface area (Å²) in [6, 6.07) is 19.3. The van der Waals surface area contributed by atoms with Crippen molar-refractivity contribution in [1.29, 1.82) is 0 Å². The monoisotopic (exact) mass is 483 g/mol. The molecule has 0 aliphatic rings. The van der Waals surface area contributed by atoms with Gasteiger partial charge in [-0.1, -0.05) is 30.3 Å². The van der Waals surface area contributed by atoms with Gasteiger partial charge in [0.05, 0.1) is 12.8 Å². The van der Waals surface area contributed by atoms with E-state index in [2.05, 4.69) is 25.5 Å². The normalized spacial score (nSPS) is 11.1. The molecule has 0 spiro atoms. The number of carbonyl (C=O) groups is 1. The van der Waals surface area contributed by atoms with E-state index in [4.69, 9.17) is 4.74 Å². The van der Waals surface area contributed by atoms with Crippen LogP contribution in [0.3, 0.4) is 0 Å². The molecule has 0 atom stereocenters. The lowest BCUT2D eigenvalue weighted by Crippen LogP contribution is -2.28. The molecule has 0 bridgehead atoms. The maximum atomic E-state index is 12.3. The fourth-order valence-corrected chi connectivity index (χ4v) is 3.15. The minimum absolute atomic E-state index is 0.310. The van der Waals surface area contributed by atoms with E-state index < -0.39 is 6.36 Å². The number of hydrogen-bond acceptors (Lipinski definition) is 5. The molecule has 0 saturated heterocycles. The number of nitrogens with zero attached hydrogens (tertiary/aromatic N) is 3. The summed E-state index contributed by atoms with van der Waals surface area (Å²) < 4.78 is 47.4. The first-order valence-electron chi connectivity index (χ1n) is 10.4. The molecule has 8 nitrogen and oxygen atoms in total. The van der Waals surface area contributed by atoms with Gasteiger partial charge in [0.2, 0.25) is 0 Å². The number of hydrogen-bond donors (Lipinski definition) is 2. The number of methoxy groups -OCH3 is 1. The predicted molar refractivity (Wildman–Crippen MR) is 122 cm³/mol. The maximum Gasteiger partial charge on any atom is 0.573 e. The van der Waals surface area contributed by atoms with Crippen LogP contribution in [0.15, 0.2) is 79.1 Å². The number of halogens is 3. The van der Waals surface area contributed by atoms with Crippen LogP contribution in [0.2, 0.25) is 0 Å². The molecule has 35 heavy (non-hydrogen) atoms. The average molecular weight is 483 g/mol. The lowest BCUT2D eigenvalue weighted by atomic mass is 10.1. The van der Waals surface area contributed by atoms with Crippen molar-refractivity contribution in [2.75, 3.05) is 12.4 Å². The summed E-state index contributed by atoms with van der Waals surface area (Å²) in [7, 11) is 1.55. The van der Waals surface area contributed by atoms with Crippen LogP contribution in [-0.2, 0) is 6.54 Å².